The molecule has 3 aliphatic heterocycles. The molecule has 7 heteroatoms. The molecule has 0 bridgehead atoms. The minimum atomic E-state index is -0.329. The molecule has 0 unspecified atom stereocenters. The first kappa shape index (κ1) is 14.9. The van der Waals surface area contributed by atoms with Crippen LogP contribution in [0.3, 0.4) is 0 Å². The molecule has 3 aliphatic rings. The number of ether oxygens (including phenoxy) is 3. The van der Waals surface area contributed by atoms with Crippen LogP contribution < -0.4 is 14.8 Å². The number of rotatable bonds is 2. The summed E-state index contributed by atoms with van der Waals surface area (Å²) in [4.78, 5) is 13.7. The van der Waals surface area contributed by atoms with E-state index in [2.05, 4.69) is 10.2 Å². The third-order valence-corrected chi connectivity index (χ3v) is 5.14. The highest BCUT2D eigenvalue weighted by Crippen LogP contribution is 2.37. The first-order valence-electron chi connectivity index (χ1n) is 7.91. The van der Waals surface area contributed by atoms with E-state index >= 15 is 0 Å². The molecule has 1 spiro atoms. The van der Waals surface area contributed by atoms with Crippen LogP contribution in [0.1, 0.15) is 24.8 Å². The van der Waals surface area contributed by atoms with E-state index in [0.29, 0.717) is 17.3 Å². The first-order valence-corrected chi connectivity index (χ1v) is 8.29. The van der Waals surface area contributed by atoms with Gasteiger partial charge < -0.3 is 19.5 Å². The lowest BCUT2D eigenvalue weighted by atomic mass is 9.95. The lowest BCUT2D eigenvalue weighted by Crippen LogP contribution is -2.34. The molecule has 23 heavy (non-hydrogen) atoms. The van der Waals surface area contributed by atoms with Crippen molar-refractivity contribution in [3.63, 3.8) is 0 Å². The van der Waals surface area contributed by atoms with Crippen molar-refractivity contribution >= 4 is 17.7 Å². The van der Waals surface area contributed by atoms with Gasteiger partial charge in [-0.15, -0.1) is 0 Å². The van der Waals surface area contributed by atoms with E-state index in [1.807, 2.05) is 12.1 Å². The van der Waals surface area contributed by atoms with Gasteiger partial charge in [-0.05, 0) is 31.0 Å². The summed E-state index contributed by atoms with van der Waals surface area (Å²) >= 11 is 6.37. The molecule has 4 rings (SSSR count). The highest BCUT2D eigenvalue weighted by molar-refractivity contribution is 6.31. The number of carbonyl (C=O) groups excluding carboxylic acids is 1. The van der Waals surface area contributed by atoms with Gasteiger partial charge in [0.2, 0.25) is 6.79 Å². The van der Waals surface area contributed by atoms with Crippen molar-refractivity contribution in [2.75, 3.05) is 26.4 Å². The van der Waals surface area contributed by atoms with Crippen LogP contribution in [0.25, 0.3) is 0 Å². The largest absolute Gasteiger partial charge is 0.454 e. The van der Waals surface area contributed by atoms with Crippen LogP contribution in [0.5, 0.6) is 11.5 Å². The lowest BCUT2D eigenvalue weighted by molar-refractivity contribution is 0.0443. The molecule has 6 nitrogen and oxygen atoms in total. The van der Waals surface area contributed by atoms with Gasteiger partial charge in [-0.2, -0.15) is 0 Å². The number of amides is 1. The topological polar surface area (TPSA) is 60.0 Å². The predicted molar refractivity (Wildman–Crippen MR) is 83.9 cm³/mol. The van der Waals surface area contributed by atoms with Gasteiger partial charge >= 0.3 is 6.09 Å². The minimum absolute atomic E-state index is 0.250. The average molecular weight is 339 g/mol. The van der Waals surface area contributed by atoms with Crippen LogP contribution in [0.15, 0.2) is 12.1 Å². The second kappa shape index (κ2) is 5.76. The maximum Gasteiger partial charge on any atom is 0.407 e. The monoisotopic (exact) mass is 338 g/mol. The van der Waals surface area contributed by atoms with E-state index in [0.717, 1.165) is 50.2 Å². The third kappa shape index (κ3) is 2.93. The van der Waals surface area contributed by atoms with E-state index in [-0.39, 0.29) is 18.5 Å². The summed E-state index contributed by atoms with van der Waals surface area (Å²) in [6, 6.07) is 3.78. The molecule has 1 aromatic rings. The highest BCUT2D eigenvalue weighted by atomic mass is 35.5. The summed E-state index contributed by atoms with van der Waals surface area (Å²) in [6.45, 7) is 3.46. The maximum absolute atomic E-state index is 11.4. The number of hydrogen-bond acceptors (Lipinski definition) is 5. The molecule has 1 amide bonds. The van der Waals surface area contributed by atoms with Crippen molar-refractivity contribution in [1.82, 2.24) is 10.2 Å². The molecule has 0 saturated carbocycles. The van der Waals surface area contributed by atoms with Gasteiger partial charge in [-0.3, -0.25) is 4.90 Å². The fourth-order valence-corrected chi connectivity index (χ4v) is 3.70. The molecule has 2 fully saturated rings. The molecule has 0 aliphatic carbocycles. The van der Waals surface area contributed by atoms with Crippen LogP contribution in [-0.4, -0.2) is 43.0 Å². The average Bonchev–Trinajstić information content (AvgIpc) is 3.06. The third-order valence-electron chi connectivity index (χ3n) is 4.79. The quantitative estimate of drug-likeness (QED) is 0.898. The molecule has 1 atom stereocenters. The zero-order chi connectivity index (χ0) is 15.9. The Bertz CT molecular complexity index is 639. The number of nitrogens with zero attached hydrogens (tertiary/aromatic N) is 1. The number of nitrogens with one attached hydrogen (secondary N) is 1. The minimum Gasteiger partial charge on any atom is -0.454 e. The zero-order valence-electron chi connectivity index (χ0n) is 12.8. The molecule has 124 valence electrons. The van der Waals surface area contributed by atoms with Crippen molar-refractivity contribution in [2.24, 2.45) is 0 Å². The van der Waals surface area contributed by atoms with Crippen molar-refractivity contribution in [3.05, 3.63) is 22.7 Å². The highest BCUT2D eigenvalue weighted by Gasteiger charge is 2.41. The Labute approximate surface area is 139 Å². The Morgan fingerprint density at radius 1 is 1.22 bits per heavy atom. The van der Waals surface area contributed by atoms with Crippen molar-refractivity contribution in [3.8, 4) is 11.5 Å². The molecule has 2 saturated heterocycles. The maximum atomic E-state index is 11.4. The summed E-state index contributed by atoms with van der Waals surface area (Å²) in [6.07, 6.45) is 2.44. The van der Waals surface area contributed by atoms with E-state index in [1.54, 1.807) is 0 Å². The van der Waals surface area contributed by atoms with Gasteiger partial charge in [-0.1, -0.05) is 11.6 Å². The van der Waals surface area contributed by atoms with Crippen molar-refractivity contribution < 1.29 is 19.0 Å². The molecular weight excluding hydrogens is 320 g/mol. The Hall–Kier alpha value is -1.66. The Kier molecular flexibility index (Phi) is 3.73. The molecule has 0 radical (unpaired) electrons. The van der Waals surface area contributed by atoms with Crippen LogP contribution in [-0.2, 0) is 11.3 Å². The van der Waals surface area contributed by atoms with Crippen LogP contribution >= 0.6 is 11.6 Å². The van der Waals surface area contributed by atoms with Crippen molar-refractivity contribution in [1.29, 1.82) is 0 Å². The second-order valence-corrected chi connectivity index (χ2v) is 6.76. The van der Waals surface area contributed by atoms with Gasteiger partial charge in [0.25, 0.3) is 0 Å². The Morgan fingerprint density at radius 2 is 2.04 bits per heavy atom. The number of alkyl carbamates (subject to hydrolysis) is 1. The second-order valence-electron chi connectivity index (χ2n) is 6.35. The normalized spacial score (nSPS) is 26.9. The molecule has 1 aromatic carbocycles. The summed E-state index contributed by atoms with van der Waals surface area (Å²) < 4.78 is 16.3. The van der Waals surface area contributed by atoms with E-state index in [9.17, 15) is 4.79 Å². The van der Waals surface area contributed by atoms with Gasteiger partial charge in [0.1, 0.15) is 5.60 Å². The summed E-state index contributed by atoms with van der Waals surface area (Å²) in [5.41, 5.74) is 0.707. The predicted octanol–water partition coefficient (Wildman–Crippen LogP) is 2.53. The number of likely N-dealkylation sites (tertiary alicyclic amines) is 1. The number of fused-ring (bicyclic) bond motifs is 1. The SMILES string of the molecule is O=C1NC[C@]2(CCCN(Cc3cc4c(cc3Cl)OCO4)CC2)O1. The summed E-state index contributed by atoms with van der Waals surface area (Å²) in [7, 11) is 0. The van der Waals surface area contributed by atoms with Gasteiger partial charge in [0, 0.05) is 30.6 Å². The number of benzene rings is 1. The number of carbonyl (C=O) groups is 1. The molecular formula is C16H19ClN2O4. The lowest BCUT2D eigenvalue weighted by Gasteiger charge is -2.25. The standard InChI is InChI=1S/C16H19ClN2O4/c17-12-7-14-13(21-10-22-14)6-11(12)8-19-4-1-2-16(3-5-19)9-18-15(20)23-16/h6-7H,1-5,8-10H2,(H,18,20)/t16-/m1/s1. The Morgan fingerprint density at radius 3 is 2.83 bits per heavy atom. The first-order chi connectivity index (χ1) is 11.1. The fourth-order valence-electron chi connectivity index (χ4n) is 3.48. The smallest absolute Gasteiger partial charge is 0.407 e. The fraction of sp³-hybridized carbons (Fsp3) is 0.562. The van der Waals surface area contributed by atoms with Crippen LogP contribution in [0.4, 0.5) is 4.79 Å². The number of hydrogen-bond donors (Lipinski definition) is 1. The van der Waals surface area contributed by atoms with Crippen LogP contribution in [0.2, 0.25) is 5.02 Å². The van der Waals surface area contributed by atoms with E-state index in [4.69, 9.17) is 25.8 Å². The number of halogens is 1. The van der Waals surface area contributed by atoms with Gasteiger partial charge in [0.05, 0.1) is 6.54 Å². The zero-order valence-corrected chi connectivity index (χ0v) is 13.5. The molecule has 0 aromatic heterocycles. The van der Waals surface area contributed by atoms with Gasteiger partial charge in [0.15, 0.2) is 11.5 Å². The van der Waals surface area contributed by atoms with E-state index < -0.39 is 0 Å². The Balaban J connectivity index is 1.45. The molecule has 3 heterocycles. The van der Waals surface area contributed by atoms with Crippen molar-refractivity contribution in [2.45, 2.75) is 31.4 Å². The summed E-state index contributed by atoms with van der Waals surface area (Å²) in [5, 5.41) is 3.47. The summed E-state index contributed by atoms with van der Waals surface area (Å²) in [5.74, 6) is 1.46. The molecule has 1 N–H and O–H groups in total. The van der Waals surface area contributed by atoms with Crippen LogP contribution in [0, 0.1) is 0 Å². The van der Waals surface area contributed by atoms with Gasteiger partial charge in [-0.25, -0.2) is 4.79 Å². The van der Waals surface area contributed by atoms with E-state index in [1.165, 1.54) is 0 Å².